The molecule has 4 aliphatic rings. The number of benzene rings is 3. The fraction of sp³-hybridized carbons (Fsp3) is 0.475. The standard InChI is InChI=1S/C40H49ClN4O6Si/c1-25-37(52(3,4)31-15-13-30(50-2)14-16-31)35(22-36(47)44-19-7-10-29(44)24-46)51-40(25)32-21-27(41)12-17-34(32)45(39(40)49)23-26-8-5-9-28(20-26)43-38(48)33-11-6-18-42-33/h5,8-9,12-17,20-21,25,29,33,35,37,42,46H,6-7,10-11,18-19,22-24H2,1-4H3,(H,43,48)/t25-,29+,33-,35+,37-,40+/m1/s1. The maximum atomic E-state index is 15.2. The van der Waals surface area contributed by atoms with E-state index in [-0.39, 0.29) is 60.8 Å². The molecule has 3 fully saturated rings. The Morgan fingerprint density at radius 2 is 1.88 bits per heavy atom. The van der Waals surface area contributed by atoms with Gasteiger partial charge in [-0.15, -0.1) is 0 Å². The van der Waals surface area contributed by atoms with Crippen molar-refractivity contribution in [1.82, 2.24) is 10.2 Å². The first kappa shape index (κ1) is 36.6. The Bertz CT molecular complexity index is 1830. The number of aliphatic hydroxyl groups is 1. The molecule has 7 rings (SSSR count). The van der Waals surface area contributed by atoms with E-state index in [1.807, 2.05) is 48.5 Å². The van der Waals surface area contributed by atoms with Crippen molar-refractivity contribution in [2.24, 2.45) is 5.92 Å². The van der Waals surface area contributed by atoms with Crippen LogP contribution in [0.25, 0.3) is 0 Å². The number of rotatable bonds is 10. The summed E-state index contributed by atoms with van der Waals surface area (Å²) in [7, 11) is -0.831. The van der Waals surface area contributed by atoms with Gasteiger partial charge in [0.1, 0.15) is 5.75 Å². The SMILES string of the molecule is COc1ccc([Si](C)(C)[C@H]2[C@H](CC(=O)N3CCC[C@H]3CO)O[C@@]3(C(=O)N(Cc4cccc(NC(=O)[C@H]5CCCN5)c4)c4ccc(Cl)cc43)[C@@H]2C)cc1. The molecule has 0 radical (unpaired) electrons. The minimum atomic E-state index is -2.48. The normalized spacial score (nSPS) is 27.0. The Morgan fingerprint density at radius 3 is 2.60 bits per heavy atom. The topological polar surface area (TPSA) is 120 Å². The van der Waals surface area contributed by atoms with E-state index >= 15 is 4.79 Å². The highest BCUT2D eigenvalue weighted by Crippen LogP contribution is 2.60. The van der Waals surface area contributed by atoms with Crippen LogP contribution < -0.4 is 25.5 Å². The smallest absolute Gasteiger partial charge is 0.264 e. The molecule has 12 heteroatoms. The number of amides is 3. The highest BCUT2D eigenvalue weighted by Gasteiger charge is 2.66. The van der Waals surface area contributed by atoms with Crippen LogP contribution in [-0.2, 0) is 31.3 Å². The van der Waals surface area contributed by atoms with Crippen molar-refractivity contribution in [3.63, 3.8) is 0 Å². The van der Waals surface area contributed by atoms with Crippen LogP contribution >= 0.6 is 11.6 Å². The molecule has 52 heavy (non-hydrogen) atoms. The zero-order valence-corrected chi connectivity index (χ0v) is 32.1. The van der Waals surface area contributed by atoms with Crippen molar-refractivity contribution in [3.05, 3.63) is 82.9 Å². The number of anilines is 2. The van der Waals surface area contributed by atoms with Crippen LogP contribution in [0.3, 0.4) is 0 Å². The molecule has 3 saturated heterocycles. The van der Waals surface area contributed by atoms with E-state index in [1.54, 1.807) is 23.0 Å². The third-order valence-corrected chi connectivity index (χ3v) is 16.6. The van der Waals surface area contributed by atoms with Crippen LogP contribution in [0.4, 0.5) is 11.4 Å². The van der Waals surface area contributed by atoms with Gasteiger partial charge in [-0.1, -0.05) is 61.1 Å². The molecular weight excluding hydrogens is 696 g/mol. The van der Waals surface area contributed by atoms with Gasteiger partial charge in [-0.25, -0.2) is 0 Å². The molecule has 10 nitrogen and oxygen atoms in total. The maximum absolute atomic E-state index is 15.2. The van der Waals surface area contributed by atoms with Crippen LogP contribution in [0.15, 0.2) is 66.7 Å². The summed E-state index contributed by atoms with van der Waals surface area (Å²) in [5, 5.41) is 18.0. The molecule has 4 heterocycles. The number of likely N-dealkylation sites (tertiary alicyclic amines) is 1. The number of methoxy groups -OCH3 is 1. The van der Waals surface area contributed by atoms with Crippen molar-refractivity contribution >= 4 is 54.0 Å². The van der Waals surface area contributed by atoms with Gasteiger partial charge in [-0.2, -0.15) is 0 Å². The van der Waals surface area contributed by atoms with Crippen LogP contribution in [0.5, 0.6) is 5.75 Å². The van der Waals surface area contributed by atoms with E-state index in [0.29, 0.717) is 22.8 Å². The van der Waals surface area contributed by atoms with Crippen molar-refractivity contribution in [3.8, 4) is 5.75 Å². The lowest BCUT2D eigenvalue weighted by atomic mass is 9.82. The lowest BCUT2D eigenvalue weighted by Crippen LogP contribution is -2.52. The van der Waals surface area contributed by atoms with Gasteiger partial charge in [-0.3, -0.25) is 14.4 Å². The van der Waals surface area contributed by atoms with E-state index in [9.17, 15) is 14.7 Å². The lowest BCUT2D eigenvalue weighted by Gasteiger charge is -2.37. The second kappa shape index (κ2) is 14.6. The second-order valence-electron chi connectivity index (χ2n) is 15.3. The van der Waals surface area contributed by atoms with Gasteiger partial charge in [0.2, 0.25) is 11.8 Å². The highest BCUT2D eigenvalue weighted by molar-refractivity contribution is 6.91. The van der Waals surface area contributed by atoms with E-state index in [4.69, 9.17) is 21.1 Å². The fourth-order valence-electron chi connectivity index (χ4n) is 9.35. The first-order valence-electron chi connectivity index (χ1n) is 18.5. The number of ether oxygens (including phenoxy) is 2. The number of halogens is 1. The molecule has 0 aliphatic carbocycles. The van der Waals surface area contributed by atoms with E-state index < -0.39 is 19.8 Å². The quantitative estimate of drug-likeness (QED) is 0.245. The number of hydrogen-bond donors (Lipinski definition) is 3. The molecule has 6 atom stereocenters. The van der Waals surface area contributed by atoms with Crippen molar-refractivity contribution in [1.29, 1.82) is 0 Å². The van der Waals surface area contributed by atoms with Gasteiger partial charge >= 0.3 is 0 Å². The minimum Gasteiger partial charge on any atom is -0.497 e. The average molecular weight is 745 g/mol. The lowest BCUT2D eigenvalue weighted by molar-refractivity contribution is -0.150. The molecule has 1 spiro atoms. The van der Waals surface area contributed by atoms with Crippen LogP contribution in [-0.4, -0.2) is 80.8 Å². The predicted octanol–water partition coefficient (Wildman–Crippen LogP) is 5.18. The molecule has 0 aromatic heterocycles. The van der Waals surface area contributed by atoms with Gasteiger partial charge in [0, 0.05) is 28.7 Å². The predicted molar refractivity (Wildman–Crippen MR) is 205 cm³/mol. The Morgan fingerprint density at radius 1 is 1.10 bits per heavy atom. The molecule has 4 aliphatic heterocycles. The molecule has 3 aromatic carbocycles. The van der Waals surface area contributed by atoms with Gasteiger partial charge in [0.25, 0.3) is 5.91 Å². The van der Waals surface area contributed by atoms with Gasteiger partial charge in [0.15, 0.2) is 5.60 Å². The van der Waals surface area contributed by atoms with Crippen molar-refractivity contribution in [2.75, 3.05) is 37.0 Å². The molecule has 0 bridgehead atoms. The van der Waals surface area contributed by atoms with Crippen LogP contribution in [0.1, 0.15) is 50.2 Å². The molecule has 276 valence electrons. The summed E-state index contributed by atoms with van der Waals surface area (Å²) >= 11 is 6.68. The molecule has 3 aromatic rings. The number of carbonyl (C=O) groups excluding carboxylic acids is 3. The molecule has 3 N–H and O–H groups in total. The van der Waals surface area contributed by atoms with Gasteiger partial charge < -0.3 is 35.0 Å². The summed E-state index contributed by atoms with van der Waals surface area (Å²) in [4.78, 5) is 45.7. The van der Waals surface area contributed by atoms with E-state index in [0.717, 1.165) is 49.2 Å². The minimum absolute atomic E-state index is 0.0596. The maximum Gasteiger partial charge on any atom is 0.264 e. The highest BCUT2D eigenvalue weighted by atomic mass is 35.5. The number of fused-ring (bicyclic) bond motifs is 2. The van der Waals surface area contributed by atoms with Crippen LogP contribution in [0, 0.1) is 5.92 Å². The summed E-state index contributed by atoms with van der Waals surface area (Å²) < 4.78 is 12.6. The van der Waals surface area contributed by atoms with E-state index in [1.165, 1.54) is 5.19 Å². The first-order valence-corrected chi connectivity index (χ1v) is 21.9. The number of nitrogens with zero attached hydrogens (tertiary/aromatic N) is 2. The Balaban J connectivity index is 1.25. The zero-order valence-electron chi connectivity index (χ0n) is 30.4. The summed E-state index contributed by atoms with van der Waals surface area (Å²) in [6, 6.07) is 20.9. The first-order chi connectivity index (χ1) is 25.0. The van der Waals surface area contributed by atoms with Gasteiger partial charge in [0.05, 0.1) is 58.6 Å². The second-order valence-corrected chi connectivity index (χ2v) is 20.4. The molecule has 0 unspecified atom stereocenters. The van der Waals surface area contributed by atoms with E-state index in [2.05, 4.69) is 42.8 Å². The molecule has 3 amide bonds. The Hall–Kier alpha value is -3.74. The number of hydrogen-bond acceptors (Lipinski definition) is 7. The number of aliphatic hydroxyl groups excluding tert-OH is 1. The average Bonchev–Trinajstić information content (AvgIpc) is 3.94. The van der Waals surface area contributed by atoms with Gasteiger partial charge in [-0.05, 0) is 85.8 Å². The van der Waals surface area contributed by atoms with Crippen molar-refractivity contribution < 1.29 is 29.0 Å². The summed E-state index contributed by atoms with van der Waals surface area (Å²) in [5.41, 5.74) is 1.47. The summed E-state index contributed by atoms with van der Waals surface area (Å²) in [5.74, 6) is 0.154. The molecular formula is C40H49ClN4O6Si. The largest absolute Gasteiger partial charge is 0.497 e. The monoisotopic (exact) mass is 744 g/mol. The van der Waals surface area contributed by atoms with Crippen LogP contribution in [0.2, 0.25) is 23.7 Å². The fourth-order valence-corrected chi connectivity index (χ4v) is 13.5. The summed E-state index contributed by atoms with van der Waals surface area (Å²) in [6.45, 7) is 8.30. The molecule has 0 saturated carbocycles. The number of carbonyl (C=O) groups is 3. The zero-order chi connectivity index (χ0) is 36.8. The van der Waals surface area contributed by atoms with Crippen molar-refractivity contribution in [2.45, 2.75) is 88.0 Å². The Kier molecular flexibility index (Phi) is 10.3. The number of nitrogens with one attached hydrogen (secondary N) is 2. The summed E-state index contributed by atoms with van der Waals surface area (Å²) in [6.07, 6.45) is 2.95. The third-order valence-electron chi connectivity index (χ3n) is 12.0. The Labute approximate surface area is 311 Å². The third kappa shape index (κ3) is 6.44.